The maximum absolute atomic E-state index is 13.4. The van der Waals surface area contributed by atoms with Crippen molar-refractivity contribution in [2.45, 2.75) is 70.4 Å². The molecule has 2 aromatic carbocycles. The minimum atomic E-state index is 0.000729. The molecule has 2 aromatic rings. The zero-order valence-corrected chi connectivity index (χ0v) is 20.1. The standard InChI is InChI=1S/C28H37N3O2/c1-3-21-13-15-22(16-14-21)27(32)29-23-17-19-31(20-18-23)26-12-8-7-11-25(26)28(33)30(2)24-9-5-4-6-10-24/h7-8,11-16,23-24H,3-6,9-10,17-20H2,1-2H3,(H,29,32). The molecular formula is C28H37N3O2. The predicted molar refractivity (Wildman–Crippen MR) is 134 cm³/mol. The molecule has 2 fully saturated rings. The second kappa shape index (κ2) is 10.9. The molecular weight excluding hydrogens is 410 g/mol. The van der Waals surface area contributed by atoms with Crippen LogP contribution >= 0.6 is 0 Å². The van der Waals surface area contributed by atoms with Crippen LogP contribution in [0.1, 0.15) is 78.1 Å². The summed E-state index contributed by atoms with van der Waals surface area (Å²) in [7, 11) is 1.96. The molecule has 0 bridgehead atoms. The SMILES string of the molecule is CCc1ccc(C(=O)NC2CCN(c3ccccc3C(=O)N(C)C3CCCCC3)CC2)cc1. The van der Waals surface area contributed by atoms with Gasteiger partial charge < -0.3 is 15.1 Å². The van der Waals surface area contributed by atoms with Crippen molar-refractivity contribution in [3.63, 3.8) is 0 Å². The average Bonchev–Trinajstić information content (AvgIpc) is 2.89. The van der Waals surface area contributed by atoms with E-state index in [1.165, 1.54) is 24.8 Å². The largest absolute Gasteiger partial charge is 0.371 e. The number of nitrogens with one attached hydrogen (secondary N) is 1. The van der Waals surface area contributed by atoms with Gasteiger partial charge in [0.15, 0.2) is 0 Å². The third-order valence-electron chi connectivity index (χ3n) is 7.37. The minimum absolute atomic E-state index is 0.000729. The highest BCUT2D eigenvalue weighted by molar-refractivity contribution is 6.00. The van der Waals surface area contributed by atoms with Crippen LogP contribution in [0.4, 0.5) is 5.69 Å². The number of rotatable bonds is 6. The molecule has 0 aromatic heterocycles. The zero-order chi connectivity index (χ0) is 23.2. The lowest BCUT2D eigenvalue weighted by Crippen LogP contribution is -2.45. The average molecular weight is 448 g/mol. The summed E-state index contributed by atoms with van der Waals surface area (Å²) in [4.78, 5) is 30.3. The number of hydrogen-bond acceptors (Lipinski definition) is 3. The maximum Gasteiger partial charge on any atom is 0.255 e. The molecule has 4 rings (SSSR count). The van der Waals surface area contributed by atoms with Gasteiger partial charge in [-0.05, 0) is 61.9 Å². The van der Waals surface area contributed by atoms with Crippen LogP contribution in [0.2, 0.25) is 0 Å². The van der Waals surface area contributed by atoms with Gasteiger partial charge in [-0.15, -0.1) is 0 Å². The first-order chi connectivity index (χ1) is 16.1. The van der Waals surface area contributed by atoms with Crippen molar-refractivity contribution in [1.29, 1.82) is 0 Å². The van der Waals surface area contributed by atoms with E-state index in [1.807, 2.05) is 54.4 Å². The number of carbonyl (C=O) groups excluding carboxylic acids is 2. The van der Waals surface area contributed by atoms with E-state index in [0.29, 0.717) is 6.04 Å². The Kier molecular flexibility index (Phi) is 7.69. The molecule has 0 atom stereocenters. The van der Waals surface area contributed by atoms with Crippen LogP contribution in [0.5, 0.6) is 0 Å². The second-order valence-corrected chi connectivity index (χ2v) is 9.51. The lowest BCUT2D eigenvalue weighted by Gasteiger charge is -2.36. The first-order valence-corrected chi connectivity index (χ1v) is 12.6. The number of carbonyl (C=O) groups is 2. The molecule has 0 unspecified atom stereocenters. The number of anilines is 1. The van der Waals surface area contributed by atoms with Crippen molar-refractivity contribution in [2.24, 2.45) is 0 Å². The van der Waals surface area contributed by atoms with E-state index in [9.17, 15) is 9.59 Å². The Labute approximate surface area is 198 Å². The molecule has 2 aliphatic rings. The van der Waals surface area contributed by atoms with Crippen LogP contribution in [-0.4, -0.2) is 48.9 Å². The summed E-state index contributed by atoms with van der Waals surface area (Å²) < 4.78 is 0. The van der Waals surface area contributed by atoms with Crippen LogP contribution in [-0.2, 0) is 6.42 Å². The van der Waals surface area contributed by atoms with Crippen LogP contribution in [0.15, 0.2) is 48.5 Å². The summed E-state index contributed by atoms with van der Waals surface area (Å²) in [5, 5.41) is 3.20. The fraction of sp³-hybridized carbons (Fsp3) is 0.500. The van der Waals surface area contributed by atoms with Gasteiger partial charge in [-0.1, -0.05) is 50.5 Å². The van der Waals surface area contributed by atoms with Gasteiger partial charge in [-0.3, -0.25) is 9.59 Å². The smallest absolute Gasteiger partial charge is 0.255 e. The van der Waals surface area contributed by atoms with E-state index in [-0.39, 0.29) is 17.9 Å². The quantitative estimate of drug-likeness (QED) is 0.674. The Bertz CT molecular complexity index is 942. The normalized spacial score (nSPS) is 17.6. The number of hydrogen-bond donors (Lipinski definition) is 1. The van der Waals surface area contributed by atoms with Crippen molar-refractivity contribution in [3.05, 3.63) is 65.2 Å². The lowest BCUT2D eigenvalue weighted by molar-refractivity contribution is 0.0696. The van der Waals surface area contributed by atoms with Crippen molar-refractivity contribution >= 4 is 17.5 Å². The Morgan fingerprint density at radius 1 is 0.939 bits per heavy atom. The molecule has 5 heteroatoms. The molecule has 0 spiro atoms. The fourth-order valence-corrected chi connectivity index (χ4v) is 5.18. The first-order valence-electron chi connectivity index (χ1n) is 12.6. The highest BCUT2D eigenvalue weighted by Gasteiger charge is 2.28. The van der Waals surface area contributed by atoms with Gasteiger partial charge in [0.1, 0.15) is 0 Å². The van der Waals surface area contributed by atoms with E-state index in [1.54, 1.807) is 0 Å². The fourth-order valence-electron chi connectivity index (χ4n) is 5.18. The van der Waals surface area contributed by atoms with E-state index in [4.69, 9.17) is 0 Å². The van der Waals surface area contributed by atoms with E-state index >= 15 is 0 Å². The van der Waals surface area contributed by atoms with E-state index < -0.39 is 0 Å². The number of aryl methyl sites for hydroxylation is 1. The van der Waals surface area contributed by atoms with Gasteiger partial charge in [-0.2, -0.15) is 0 Å². The van der Waals surface area contributed by atoms with Crippen molar-refractivity contribution < 1.29 is 9.59 Å². The van der Waals surface area contributed by atoms with Gasteiger partial charge >= 0.3 is 0 Å². The van der Waals surface area contributed by atoms with Gasteiger partial charge in [0.2, 0.25) is 0 Å². The molecule has 2 amide bonds. The van der Waals surface area contributed by atoms with Crippen LogP contribution in [0, 0.1) is 0 Å². The Hall–Kier alpha value is -2.82. The second-order valence-electron chi connectivity index (χ2n) is 9.51. The molecule has 1 heterocycles. The maximum atomic E-state index is 13.4. The highest BCUT2D eigenvalue weighted by Crippen LogP contribution is 2.28. The van der Waals surface area contributed by atoms with Crippen LogP contribution in [0.3, 0.4) is 0 Å². The van der Waals surface area contributed by atoms with Crippen LogP contribution in [0.25, 0.3) is 0 Å². The molecule has 1 N–H and O–H groups in total. The highest BCUT2D eigenvalue weighted by atomic mass is 16.2. The topological polar surface area (TPSA) is 52.7 Å². The molecule has 1 saturated carbocycles. The van der Waals surface area contributed by atoms with E-state index in [2.05, 4.69) is 23.2 Å². The van der Waals surface area contributed by atoms with E-state index in [0.717, 1.165) is 62.0 Å². The summed E-state index contributed by atoms with van der Waals surface area (Å²) in [5.41, 5.74) is 3.77. The molecule has 5 nitrogen and oxygen atoms in total. The van der Waals surface area contributed by atoms with Crippen LogP contribution < -0.4 is 10.2 Å². The lowest BCUT2D eigenvalue weighted by atomic mass is 9.94. The third kappa shape index (κ3) is 5.58. The van der Waals surface area contributed by atoms with Gasteiger partial charge in [0, 0.05) is 43.5 Å². The monoisotopic (exact) mass is 447 g/mol. The molecule has 176 valence electrons. The first kappa shape index (κ1) is 23.3. The summed E-state index contributed by atoms with van der Waals surface area (Å²) in [5.74, 6) is 0.129. The Balaban J connectivity index is 1.36. The predicted octanol–water partition coefficient (Wildman–Crippen LogP) is 5.05. The molecule has 33 heavy (non-hydrogen) atoms. The third-order valence-corrected chi connectivity index (χ3v) is 7.37. The molecule has 1 saturated heterocycles. The number of benzene rings is 2. The summed E-state index contributed by atoms with van der Waals surface area (Å²) >= 11 is 0. The molecule has 1 aliphatic carbocycles. The van der Waals surface area contributed by atoms with Crippen molar-refractivity contribution in [1.82, 2.24) is 10.2 Å². The molecule has 1 aliphatic heterocycles. The minimum Gasteiger partial charge on any atom is -0.371 e. The number of piperidine rings is 1. The number of amides is 2. The summed E-state index contributed by atoms with van der Waals surface area (Å²) in [6.07, 6.45) is 8.65. The van der Waals surface area contributed by atoms with Crippen molar-refractivity contribution in [3.8, 4) is 0 Å². The van der Waals surface area contributed by atoms with Gasteiger partial charge in [0.25, 0.3) is 11.8 Å². The number of para-hydroxylation sites is 1. The zero-order valence-electron chi connectivity index (χ0n) is 20.1. The molecule has 0 radical (unpaired) electrons. The Morgan fingerprint density at radius 3 is 2.27 bits per heavy atom. The summed E-state index contributed by atoms with van der Waals surface area (Å²) in [6.45, 7) is 3.77. The summed E-state index contributed by atoms with van der Waals surface area (Å²) in [6, 6.07) is 16.4. The van der Waals surface area contributed by atoms with Gasteiger partial charge in [0.05, 0.1) is 5.56 Å². The van der Waals surface area contributed by atoms with Crippen molar-refractivity contribution in [2.75, 3.05) is 25.0 Å². The van der Waals surface area contributed by atoms with Gasteiger partial charge in [-0.25, -0.2) is 0 Å². The Morgan fingerprint density at radius 2 is 1.61 bits per heavy atom. The number of nitrogens with zero attached hydrogens (tertiary/aromatic N) is 2.